The molecule has 0 aliphatic rings. The molecule has 0 fully saturated rings. The smallest absolute Gasteiger partial charge is 0.195 e. The van der Waals surface area contributed by atoms with Crippen LogP contribution in [0.25, 0.3) is 0 Å². The minimum absolute atomic E-state index is 0.500. The van der Waals surface area contributed by atoms with Gasteiger partial charge in [-0.15, -0.1) is 0 Å². The van der Waals surface area contributed by atoms with Gasteiger partial charge < -0.3 is 0 Å². The molecule has 0 saturated heterocycles. The first-order valence-electron chi connectivity index (χ1n) is 2.82. The summed E-state index contributed by atoms with van der Waals surface area (Å²) in [6, 6.07) is 2.40. The fraction of sp³-hybridized carbons (Fsp3) is 0.167. The van der Waals surface area contributed by atoms with Crippen LogP contribution in [-0.2, 0) is 9.84 Å². The van der Waals surface area contributed by atoms with Crippen LogP contribution in [0, 0.1) is 5.82 Å². The minimum atomic E-state index is -3.52. The van der Waals surface area contributed by atoms with Crippen LogP contribution in [0.2, 0.25) is 0 Å². The molecule has 0 saturated carbocycles. The Hall–Kier alpha value is -0.970. The molecule has 0 aliphatic heterocycles. The van der Waals surface area contributed by atoms with Crippen LogP contribution < -0.4 is 0 Å². The van der Waals surface area contributed by atoms with Crippen LogP contribution >= 0.6 is 0 Å². The number of halogens is 1. The summed E-state index contributed by atoms with van der Waals surface area (Å²) in [5.41, 5.74) is 0. The molecule has 0 bridgehead atoms. The van der Waals surface area contributed by atoms with Crippen molar-refractivity contribution < 1.29 is 12.8 Å². The van der Waals surface area contributed by atoms with Crippen molar-refractivity contribution in [3.8, 4) is 0 Å². The van der Waals surface area contributed by atoms with Crippen molar-refractivity contribution in [2.24, 2.45) is 0 Å². The maximum absolute atomic E-state index is 12.6. The van der Waals surface area contributed by atoms with Gasteiger partial charge in [0.25, 0.3) is 0 Å². The van der Waals surface area contributed by atoms with Crippen LogP contribution in [0.1, 0.15) is 0 Å². The number of nitrogens with zero attached hydrogens (tertiary/aromatic N) is 1. The summed E-state index contributed by atoms with van der Waals surface area (Å²) >= 11 is 0. The van der Waals surface area contributed by atoms with E-state index in [1.807, 2.05) is 0 Å². The van der Waals surface area contributed by atoms with E-state index in [1.54, 1.807) is 0 Å². The molecule has 5 heteroatoms. The summed E-state index contributed by atoms with van der Waals surface area (Å²) in [5, 5.41) is -0.500. The van der Waals surface area contributed by atoms with Crippen LogP contribution in [0.5, 0.6) is 0 Å². The van der Waals surface area contributed by atoms with E-state index in [-0.39, 0.29) is 0 Å². The van der Waals surface area contributed by atoms with E-state index >= 15 is 0 Å². The third-order valence-corrected chi connectivity index (χ3v) is 2.08. The average Bonchev–Trinajstić information content (AvgIpc) is 1.86. The Bertz CT molecular complexity index is 361. The molecule has 0 aliphatic carbocycles. The number of aromatic nitrogens is 1. The Balaban J connectivity index is 3.37. The van der Waals surface area contributed by atoms with Crippen molar-refractivity contribution in [2.45, 2.75) is 5.03 Å². The van der Waals surface area contributed by atoms with Gasteiger partial charge in [0.05, 0.1) is 0 Å². The zero-order valence-corrected chi connectivity index (χ0v) is 6.60. The first kappa shape index (κ1) is 8.13. The van der Waals surface area contributed by atoms with E-state index < -0.39 is 20.7 Å². The monoisotopic (exact) mass is 175 g/mol. The maximum Gasteiger partial charge on any atom is 0.195 e. The third kappa shape index (κ3) is 1.74. The van der Waals surface area contributed by atoms with E-state index in [1.165, 1.54) is 12.3 Å². The third-order valence-electron chi connectivity index (χ3n) is 1.08. The highest BCUT2D eigenvalue weighted by Crippen LogP contribution is 2.08. The first-order chi connectivity index (χ1) is 5.02. The standard InChI is InChI=1S/C6H6FNO2S/c1-11(9,10)6-5(7)3-2-4-8-6/h2-4H,1H3. The second kappa shape index (κ2) is 2.58. The van der Waals surface area contributed by atoms with Crippen LogP contribution in [-0.4, -0.2) is 19.7 Å². The lowest BCUT2D eigenvalue weighted by atomic mass is 10.5. The Kier molecular flexibility index (Phi) is 1.90. The Morgan fingerprint density at radius 1 is 1.55 bits per heavy atom. The number of hydrogen-bond donors (Lipinski definition) is 0. The molecular formula is C6H6FNO2S. The molecule has 3 nitrogen and oxygen atoms in total. The Morgan fingerprint density at radius 2 is 2.18 bits per heavy atom. The Labute approximate surface area is 63.8 Å². The molecule has 0 atom stereocenters. The molecule has 0 N–H and O–H groups in total. The van der Waals surface area contributed by atoms with E-state index in [4.69, 9.17) is 0 Å². The fourth-order valence-corrected chi connectivity index (χ4v) is 1.32. The van der Waals surface area contributed by atoms with Crippen LogP contribution in [0.3, 0.4) is 0 Å². The average molecular weight is 175 g/mol. The highest BCUT2D eigenvalue weighted by molar-refractivity contribution is 7.90. The Morgan fingerprint density at radius 3 is 2.55 bits per heavy atom. The second-order valence-electron chi connectivity index (χ2n) is 2.06. The summed E-state index contributed by atoms with van der Waals surface area (Å²) in [5.74, 6) is -0.810. The van der Waals surface area contributed by atoms with Gasteiger partial charge in [-0.2, -0.15) is 0 Å². The lowest BCUT2D eigenvalue weighted by Gasteiger charge is -1.95. The molecule has 60 valence electrons. The number of hydrogen-bond acceptors (Lipinski definition) is 3. The molecule has 0 unspecified atom stereocenters. The van der Waals surface area contributed by atoms with E-state index in [0.717, 1.165) is 12.3 Å². The quantitative estimate of drug-likeness (QED) is 0.628. The molecule has 1 heterocycles. The first-order valence-corrected chi connectivity index (χ1v) is 4.71. The molecule has 0 amide bonds. The van der Waals surface area contributed by atoms with Crippen molar-refractivity contribution in [1.29, 1.82) is 0 Å². The van der Waals surface area contributed by atoms with E-state index in [0.29, 0.717) is 0 Å². The van der Waals surface area contributed by atoms with Crippen molar-refractivity contribution in [2.75, 3.05) is 6.26 Å². The zero-order chi connectivity index (χ0) is 8.48. The summed E-state index contributed by atoms with van der Waals surface area (Å²) in [6.07, 6.45) is 2.15. The van der Waals surface area contributed by atoms with Crippen LogP contribution in [0.15, 0.2) is 23.4 Å². The van der Waals surface area contributed by atoms with Crippen molar-refractivity contribution in [3.05, 3.63) is 24.1 Å². The molecule has 0 radical (unpaired) electrons. The molecule has 11 heavy (non-hydrogen) atoms. The van der Waals surface area contributed by atoms with Gasteiger partial charge in [-0.25, -0.2) is 17.8 Å². The summed E-state index contributed by atoms with van der Waals surface area (Å²) in [7, 11) is -3.52. The van der Waals surface area contributed by atoms with Gasteiger partial charge in [0, 0.05) is 12.5 Å². The molecule has 0 aromatic carbocycles. The van der Waals surface area contributed by atoms with Gasteiger partial charge >= 0.3 is 0 Å². The van der Waals surface area contributed by atoms with Gasteiger partial charge in [0.1, 0.15) is 0 Å². The molecule has 1 aromatic rings. The number of pyridine rings is 1. The fourth-order valence-electron chi connectivity index (χ4n) is 0.644. The zero-order valence-electron chi connectivity index (χ0n) is 5.78. The van der Waals surface area contributed by atoms with Gasteiger partial charge in [0.15, 0.2) is 20.7 Å². The van der Waals surface area contributed by atoms with Gasteiger partial charge in [-0.1, -0.05) is 0 Å². The van der Waals surface area contributed by atoms with E-state index in [9.17, 15) is 12.8 Å². The normalized spacial score (nSPS) is 11.5. The molecule has 0 spiro atoms. The summed E-state index contributed by atoms with van der Waals surface area (Å²) in [6.45, 7) is 0. The van der Waals surface area contributed by atoms with Crippen molar-refractivity contribution in [1.82, 2.24) is 4.98 Å². The molecule has 1 rings (SSSR count). The summed E-state index contributed by atoms with van der Waals surface area (Å²) in [4.78, 5) is 3.39. The molecular weight excluding hydrogens is 169 g/mol. The van der Waals surface area contributed by atoms with Crippen LogP contribution in [0.4, 0.5) is 4.39 Å². The maximum atomic E-state index is 12.6. The largest absolute Gasteiger partial charge is 0.242 e. The SMILES string of the molecule is CS(=O)(=O)c1ncccc1F. The van der Waals surface area contributed by atoms with Crippen molar-refractivity contribution in [3.63, 3.8) is 0 Å². The van der Waals surface area contributed by atoms with Gasteiger partial charge in [-0.3, -0.25) is 0 Å². The molecule has 1 aromatic heterocycles. The minimum Gasteiger partial charge on any atom is -0.242 e. The predicted molar refractivity (Wildman–Crippen MR) is 37.3 cm³/mol. The van der Waals surface area contributed by atoms with Crippen molar-refractivity contribution >= 4 is 9.84 Å². The highest BCUT2D eigenvalue weighted by atomic mass is 32.2. The topological polar surface area (TPSA) is 47.0 Å². The van der Waals surface area contributed by atoms with Gasteiger partial charge in [0.2, 0.25) is 0 Å². The second-order valence-corrected chi connectivity index (χ2v) is 3.99. The van der Waals surface area contributed by atoms with E-state index in [2.05, 4.69) is 4.98 Å². The number of sulfone groups is 1. The van der Waals surface area contributed by atoms with Gasteiger partial charge in [-0.05, 0) is 12.1 Å². The number of rotatable bonds is 1. The summed E-state index contributed by atoms with van der Waals surface area (Å²) < 4.78 is 34.1. The lowest BCUT2D eigenvalue weighted by molar-refractivity contribution is 0.557. The predicted octanol–water partition coefficient (Wildman–Crippen LogP) is 0.624. The highest BCUT2D eigenvalue weighted by Gasteiger charge is 2.13. The lowest BCUT2D eigenvalue weighted by Crippen LogP contribution is -2.02.